The molecule has 1 aromatic heterocycles. The second-order valence-electron chi connectivity index (χ2n) is 4.65. The van der Waals surface area contributed by atoms with Crippen LogP contribution in [0, 0.1) is 0 Å². The molecular weight excluding hydrogens is 274 g/mol. The van der Waals surface area contributed by atoms with E-state index in [1.807, 2.05) is 6.92 Å². The van der Waals surface area contributed by atoms with Crippen LogP contribution in [-0.2, 0) is 0 Å². The van der Waals surface area contributed by atoms with Crippen molar-refractivity contribution in [1.82, 2.24) is 15.0 Å². The van der Waals surface area contributed by atoms with Crippen LogP contribution in [0.5, 0.6) is 0 Å². The molecule has 0 aromatic carbocycles. The number of carbonyl (C=O) groups is 2. The quantitative estimate of drug-likeness (QED) is 0.744. The molecule has 0 fully saturated rings. The first kappa shape index (κ1) is 17.2. The summed E-state index contributed by atoms with van der Waals surface area (Å²) in [6.07, 6.45) is 0.866. The predicted molar refractivity (Wildman–Crippen MR) is 77.4 cm³/mol. The lowest BCUT2D eigenvalue weighted by Crippen LogP contribution is -2.34. The van der Waals surface area contributed by atoms with Crippen molar-refractivity contribution < 1.29 is 19.2 Å². The molecule has 0 aliphatic carbocycles. The number of hydrogen-bond acceptors (Lipinski definition) is 5. The maximum Gasteiger partial charge on any atom is 0.374 e. The molecule has 0 aliphatic heterocycles. The van der Waals surface area contributed by atoms with Crippen molar-refractivity contribution in [3.05, 3.63) is 17.5 Å². The molecule has 118 valence electrons. The lowest BCUT2D eigenvalue weighted by Gasteiger charge is -2.22. The zero-order valence-electron chi connectivity index (χ0n) is 12.8. The van der Waals surface area contributed by atoms with Crippen molar-refractivity contribution in [2.75, 3.05) is 32.7 Å². The Morgan fingerprint density at radius 2 is 1.86 bits per heavy atom. The molecule has 1 heterocycles. The standard InChI is InChI=1S/C14H23N3O4/c1-4-16(5-2)8-7-9-17(6-3)13(18)11-10-12(14(19)20)21-15-11/h10H,4-9H2,1-3H3,(H,19,20). The van der Waals surface area contributed by atoms with Crippen LogP contribution in [-0.4, -0.2) is 64.7 Å². The van der Waals surface area contributed by atoms with Crippen LogP contribution in [0.1, 0.15) is 48.2 Å². The summed E-state index contributed by atoms with van der Waals surface area (Å²) in [5.74, 6) is -1.85. The number of nitrogens with zero attached hydrogens (tertiary/aromatic N) is 3. The van der Waals surface area contributed by atoms with E-state index in [1.165, 1.54) is 0 Å². The Morgan fingerprint density at radius 3 is 2.33 bits per heavy atom. The molecule has 0 radical (unpaired) electrons. The number of carbonyl (C=O) groups excluding carboxylic acids is 1. The lowest BCUT2D eigenvalue weighted by molar-refractivity contribution is 0.0648. The van der Waals surface area contributed by atoms with Gasteiger partial charge in [-0.15, -0.1) is 0 Å². The number of aromatic nitrogens is 1. The van der Waals surface area contributed by atoms with E-state index < -0.39 is 5.97 Å². The SMILES string of the molecule is CCN(CC)CCCN(CC)C(=O)c1cc(C(=O)O)on1. The first-order chi connectivity index (χ1) is 10.0. The third kappa shape index (κ3) is 4.86. The molecular formula is C14H23N3O4. The number of hydrogen-bond donors (Lipinski definition) is 1. The minimum atomic E-state index is -1.23. The maximum absolute atomic E-state index is 12.2. The van der Waals surface area contributed by atoms with Crippen molar-refractivity contribution in [3.8, 4) is 0 Å². The minimum absolute atomic E-state index is 0.0390. The molecule has 7 heteroatoms. The Labute approximate surface area is 124 Å². The Morgan fingerprint density at radius 1 is 1.19 bits per heavy atom. The molecule has 1 rings (SSSR count). The zero-order chi connectivity index (χ0) is 15.8. The van der Waals surface area contributed by atoms with E-state index in [0.29, 0.717) is 13.1 Å². The summed E-state index contributed by atoms with van der Waals surface area (Å²) in [7, 11) is 0. The summed E-state index contributed by atoms with van der Waals surface area (Å²) in [5, 5.41) is 12.3. The van der Waals surface area contributed by atoms with Gasteiger partial charge in [-0.05, 0) is 33.0 Å². The van der Waals surface area contributed by atoms with Gasteiger partial charge in [0.2, 0.25) is 5.76 Å². The Kier molecular flexibility index (Phi) is 6.87. The highest BCUT2D eigenvalue weighted by Gasteiger charge is 2.20. The van der Waals surface area contributed by atoms with Crippen molar-refractivity contribution in [2.45, 2.75) is 27.2 Å². The van der Waals surface area contributed by atoms with Gasteiger partial charge in [-0.3, -0.25) is 4.79 Å². The monoisotopic (exact) mass is 297 g/mol. The lowest BCUT2D eigenvalue weighted by atomic mass is 10.3. The molecule has 1 N–H and O–H groups in total. The van der Waals surface area contributed by atoms with Gasteiger partial charge in [-0.1, -0.05) is 19.0 Å². The summed E-state index contributed by atoms with van der Waals surface area (Å²) in [6.45, 7) is 10.2. The fourth-order valence-corrected chi connectivity index (χ4v) is 2.07. The summed E-state index contributed by atoms with van der Waals surface area (Å²) in [4.78, 5) is 26.9. The number of carboxylic acid groups (broad SMARTS) is 1. The molecule has 0 bridgehead atoms. The van der Waals surface area contributed by atoms with Crippen molar-refractivity contribution in [1.29, 1.82) is 0 Å². The van der Waals surface area contributed by atoms with Gasteiger partial charge in [-0.2, -0.15) is 0 Å². The Hall–Kier alpha value is -1.89. The van der Waals surface area contributed by atoms with Crippen molar-refractivity contribution >= 4 is 11.9 Å². The van der Waals surface area contributed by atoms with Gasteiger partial charge in [-0.25, -0.2) is 4.79 Å². The zero-order valence-corrected chi connectivity index (χ0v) is 12.8. The minimum Gasteiger partial charge on any atom is -0.475 e. The predicted octanol–water partition coefficient (Wildman–Crippen LogP) is 1.57. The molecule has 7 nitrogen and oxygen atoms in total. The van der Waals surface area contributed by atoms with Crippen LogP contribution in [0.15, 0.2) is 10.6 Å². The number of carboxylic acids is 1. The van der Waals surface area contributed by atoms with Crippen LogP contribution < -0.4 is 0 Å². The molecule has 0 spiro atoms. The average molecular weight is 297 g/mol. The van der Waals surface area contributed by atoms with Gasteiger partial charge in [0.25, 0.3) is 5.91 Å². The smallest absolute Gasteiger partial charge is 0.374 e. The second-order valence-corrected chi connectivity index (χ2v) is 4.65. The highest BCUT2D eigenvalue weighted by molar-refractivity contribution is 5.94. The number of amides is 1. The van der Waals surface area contributed by atoms with E-state index in [4.69, 9.17) is 5.11 Å². The van der Waals surface area contributed by atoms with E-state index >= 15 is 0 Å². The molecule has 0 unspecified atom stereocenters. The highest BCUT2D eigenvalue weighted by Crippen LogP contribution is 2.08. The van der Waals surface area contributed by atoms with E-state index in [1.54, 1.807) is 4.90 Å². The molecule has 21 heavy (non-hydrogen) atoms. The van der Waals surface area contributed by atoms with Crippen LogP contribution in [0.25, 0.3) is 0 Å². The average Bonchev–Trinajstić information content (AvgIpc) is 2.97. The first-order valence-corrected chi connectivity index (χ1v) is 7.25. The normalized spacial score (nSPS) is 10.9. The fourth-order valence-electron chi connectivity index (χ4n) is 2.07. The molecule has 0 aliphatic rings. The van der Waals surface area contributed by atoms with Crippen LogP contribution in [0.2, 0.25) is 0 Å². The molecule has 0 atom stereocenters. The van der Waals surface area contributed by atoms with E-state index in [-0.39, 0.29) is 17.4 Å². The Bertz CT molecular complexity index is 469. The third-order valence-electron chi connectivity index (χ3n) is 3.41. The van der Waals surface area contributed by atoms with Crippen molar-refractivity contribution in [2.24, 2.45) is 0 Å². The van der Waals surface area contributed by atoms with E-state index in [2.05, 4.69) is 28.4 Å². The summed E-state index contributed by atoms with van der Waals surface area (Å²) in [6, 6.07) is 1.16. The largest absolute Gasteiger partial charge is 0.475 e. The van der Waals surface area contributed by atoms with Gasteiger partial charge in [0.1, 0.15) is 0 Å². The first-order valence-electron chi connectivity index (χ1n) is 7.25. The van der Waals surface area contributed by atoms with E-state index in [0.717, 1.165) is 32.1 Å². The van der Waals surface area contributed by atoms with E-state index in [9.17, 15) is 9.59 Å². The summed E-state index contributed by atoms with van der Waals surface area (Å²) >= 11 is 0. The van der Waals surface area contributed by atoms with Crippen LogP contribution >= 0.6 is 0 Å². The van der Waals surface area contributed by atoms with Gasteiger partial charge in [0.15, 0.2) is 5.69 Å². The maximum atomic E-state index is 12.2. The fraction of sp³-hybridized carbons (Fsp3) is 0.643. The second kappa shape index (κ2) is 8.41. The topological polar surface area (TPSA) is 86.9 Å². The molecule has 0 saturated carbocycles. The number of rotatable bonds is 9. The summed E-state index contributed by atoms with van der Waals surface area (Å²) < 4.78 is 4.61. The van der Waals surface area contributed by atoms with Crippen LogP contribution in [0.4, 0.5) is 0 Å². The number of aromatic carboxylic acids is 1. The van der Waals surface area contributed by atoms with Gasteiger partial charge in [0, 0.05) is 19.2 Å². The van der Waals surface area contributed by atoms with Gasteiger partial charge in [0.05, 0.1) is 0 Å². The summed E-state index contributed by atoms with van der Waals surface area (Å²) in [5.41, 5.74) is 0.0390. The highest BCUT2D eigenvalue weighted by atomic mass is 16.5. The third-order valence-corrected chi connectivity index (χ3v) is 3.41. The molecule has 0 saturated heterocycles. The van der Waals surface area contributed by atoms with Crippen molar-refractivity contribution in [3.63, 3.8) is 0 Å². The molecule has 1 amide bonds. The van der Waals surface area contributed by atoms with Gasteiger partial charge >= 0.3 is 5.97 Å². The molecule has 1 aromatic rings. The van der Waals surface area contributed by atoms with Crippen LogP contribution in [0.3, 0.4) is 0 Å². The Balaban J connectivity index is 2.58. The van der Waals surface area contributed by atoms with Gasteiger partial charge < -0.3 is 19.4 Å².